The molecule has 3 aromatic rings. The molecule has 2 amide bonds. The number of esters is 1. The highest BCUT2D eigenvalue weighted by Crippen LogP contribution is 2.30. The summed E-state index contributed by atoms with van der Waals surface area (Å²) in [5.41, 5.74) is 3.18. The molecule has 0 fully saturated rings. The standard InChI is InChI=1S/C26H24N4O9/c1-15(28-29-25(32)24(31)27-20-14-19(36-2)10-12-21(20)37-3)17-7-11-22(23(13-17)38-4)39-26(33)16-5-8-18(9-6-16)30(34)35/h5-14H,1-4H3,(H,27,31)(H,29,32)/b28-15+. The second-order valence-electron chi connectivity index (χ2n) is 7.72. The molecule has 0 saturated carbocycles. The zero-order valence-electron chi connectivity index (χ0n) is 21.3. The van der Waals surface area contributed by atoms with Crippen LogP contribution in [0, 0.1) is 10.1 Å². The van der Waals surface area contributed by atoms with E-state index < -0.39 is 22.7 Å². The quantitative estimate of drug-likeness (QED) is 0.104. The summed E-state index contributed by atoms with van der Waals surface area (Å²) in [5.74, 6) is -1.69. The van der Waals surface area contributed by atoms with Gasteiger partial charge in [0.1, 0.15) is 11.5 Å². The first-order valence-electron chi connectivity index (χ1n) is 11.2. The van der Waals surface area contributed by atoms with Crippen LogP contribution in [0.25, 0.3) is 0 Å². The molecule has 0 saturated heterocycles. The molecule has 13 nitrogen and oxygen atoms in total. The Balaban J connectivity index is 1.68. The first-order chi connectivity index (χ1) is 18.7. The molecule has 3 aromatic carbocycles. The van der Waals surface area contributed by atoms with Gasteiger partial charge in [0.05, 0.1) is 43.2 Å². The third kappa shape index (κ3) is 7.07. The van der Waals surface area contributed by atoms with Crippen molar-refractivity contribution in [3.8, 4) is 23.0 Å². The predicted octanol–water partition coefficient (Wildman–Crippen LogP) is 3.32. The van der Waals surface area contributed by atoms with Gasteiger partial charge >= 0.3 is 17.8 Å². The molecule has 0 atom stereocenters. The minimum atomic E-state index is -1.03. The van der Waals surface area contributed by atoms with Gasteiger partial charge in [-0.05, 0) is 49.4 Å². The van der Waals surface area contributed by atoms with E-state index in [1.807, 2.05) is 0 Å². The number of anilines is 1. The molecule has 2 N–H and O–H groups in total. The average molecular weight is 536 g/mol. The molecule has 0 bridgehead atoms. The lowest BCUT2D eigenvalue weighted by Gasteiger charge is -2.12. The number of nitrogens with one attached hydrogen (secondary N) is 2. The van der Waals surface area contributed by atoms with Gasteiger partial charge in [-0.25, -0.2) is 10.2 Å². The van der Waals surface area contributed by atoms with Crippen LogP contribution in [0.5, 0.6) is 23.0 Å². The Hall–Kier alpha value is -5.46. The molecule has 0 aliphatic rings. The summed E-state index contributed by atoms with van der Waals surface area (Å²) < 4.78 is 21.0. The number of carbonyl (C=O) groups is 3. The fourth-order valence-electron chi connectivity index (χ4n) is 3.20. The van der Waals surface area contributed by atoms with Crippen molar-refractivity contribution in [2.75, 3.05) is 26.6 Å². The molecule has 0 unspecified atom stereocenters. The third-order valence-corrected chi connectivity index (χ3v) is 5.28. The summed E-state index contributed by atoms with van der Waals surface area (Å²) in [4.78, 5) is 47.3. The highest BCUT2D eigenvalue weighted by atomic mass is 16.6. The van der Waals surface area contributed by atoms with Crippen LogP contribution in [-0.2, 0) is 9.59 Å². The van der Waals surface area contributed by atoms with Crippen LogP contribution in [-0.4, -0.2) is 49.7 Å². The Morgan fingerprint density at radius 1 is 0.795 bits per heavy atom. The summed E-state index contributed by atoms with van der Waals surface area (Å²) in [6.07, 6.45) is 0. The third-order valence-electron chi connectivity index (χ3n) is 5.28. The van der Waals surface area contributed by atoms with Gasteiger partial charge in [-0.2, -0.15) is 5.10 Å². The number of hydrazone groups is 1. The Bertz CT molecular complexity index is 1440. The van der Waals surface area contributed by atoms with Gasteiger partial charge in [-0.15, -0.1) is 0 Å². The monoisotopic (exact) mass is 536 g/mol. The number of carbonyl (C=O) groups excluding carboxylic acids is 3. The first kappa shape index (κ1) is 28.1. The summed E-state index contributed by atoms with van der Waals surface area (Å²) >= 11 is 0. The maximum atomic E-state index is 12.5. The van der Waals surface area contributed by atoms with Gasteiger partial charge in [0.2, 0.25) is 0 Å². The molecular weight excluding hydrogens is 512 g/mol. The van der Waals surface area contributed by atoms with Crippen LogP contribution in [0.4, 0.5) is 11.4 Å². The number of benzene rings is 3. The van der Waals surface area contributed by atoms with Crippen molar-refractivity contribution < 1.29 is 38.3 Å². The molecule has 0 radical (unpaired) electrons. The Kier molecular flexibility index (Phi) is 9.14. The van der Waals surface area contributed by atoms with E-state index in [0.29, 0.717) is 22.8 Å². The van der Waals surface area contributed by atoms with E-state index >= 15 is 0 Å². The lowest BCUT2D eigenvalue weighted by molar-refractivity contribution is -0.384. The number of ether oxygens (including phenoxy) is 4. The second kappa shape index (κ2) is 12.7. The Morgan fingerprint density at radius 2 is 1.44 bits per heavy atom. The van der Waals surface area contributed by atoms with Crippen molar-refractivity contribution in [1.82, 2.24) is 5.43 Å². The molecule has 0 heterocycles. The summed E-state index contributed by atoms with van der Waals surface area (Å²) in [6, 6.07) is 14.2. The van der Waals surface area contributed by atoms with Crippen molar-refractivity contribution in [3.63, 3.8) is 0 Å². The van der Waals surface area contributed by atoms with Crippen LogP contribution in [0.2, 0.25) is 0 Å². The maximum Gasteiger partial charge on any atom is 0.343 e. The van der Waals surface area contributed by atoms with Gasteiger partial charge in [-0.1, -0.05) is 0 Å². The minimum absolute atomic E-state index is 0.0908. The number of hydrogen-bond acceptors (Lipinski definition) is 10. The van der Waals surface area contributed by atoms with E-state index in [2.05, 4.69) is 15.8 Å². The highest BCUT2D eigenvalue weighted by Gasteiger charge is 2.18. The van der Waals surface area contributed by atoms with Gasteiger partial charge < -0.3 is 24.3 Å². The number of hydrogen-bond donors (Lipinski definition) is 2. The number of methoxy groups -OCH3 is 3. The van der Waals surface area contributed by atoms with Crippen molar-refractivity contribution >= 4 is 34.9 Å². The van der Waals surface area contributed by atoms with Gasteiger partial charge in [0.25, 0.3) is 5.69 Å². The average Bonchev–Trinajstić information content (AvgIpc) is 2.95. The molecule has 0 aromatic heterocycles. The predicted molar refractivity (Wildman–Crippen MR) is 140 cm³/mol. The van der Waals surface area contributed by atoms with Crippen LogP contribution < -0.4 is 29.7 Å². The van der Waals surface area contributed by atoms with Crippen LogP contribution >= 0.6 is 0 Å². The molecule has 0 aliphatic carbocycles. The number of non-ortho nitro benzene ring substituents is 1. The summed E-state index contributed by atoms with van der Waals surface area (Å²) in [5, 5.41) is 17.2. The second-order valence-corrected chi connectivity index (χ2v) is 7.72. The van der Waals surface area contributed by atoms with Crippen molar-refractivity contribution in [2.45, 2.75) is 6.92 Å². The van der Waals surface area contributed by atoms with E-state index in [1.54, 1.807) is 25.1 Å². The molecule has 202 valence electrons. The molecule has 0 aliphatic heterocycles. The Morgan fingerprint density at radius 3 is 2.05 bits per heavy atom. The van der Waals surface area contributed by atoms with E-state index in [-0.39, 0.29) is 28.4 Å². The molecule has 0 spiro atoms. The number of rotatable bonds is 9. The summed E-state index contributed by atoms with van der Waals surface area (Å²) in [6.45, 7) is 1.58. The SMILES string of the molecule is COc1ccc(OC)c(NC(=O)C(=O)N/N=C(\C)c2ccc(OC(=O)c3ccc([N+](=O)[O-])cc3)c(OC)c2)c1. The lowest BCUT2D eigenvalue weighted by atomic mass is 10.1. The van der Waals surface area contributed by atoms with E-state index in [1.165, 1.54) is 63.8 Å². The molecule has 39 heavy (non-hydrogen) atoms. The van der Waals surface area contributed by atoms with E-state index in [4.69, 9.17) is 18.9 Å². The van der Waals surface area contributed by atoms with Crippen molar-refractivity contribution in [2.24, 2.45) is 5.10 Å². The number of nitrogens with zero attached hydrogens (tertiary/aromatic N) is 2. The van der Waals surface area contributed by atoms with Gasteiger partial charge in [-0.3, -0.25) is 19.7 Å². The normalized spacial score (nSPS) is 10.7. The van der Waals surface area contributed by atoms with Crippen LogP contribution in [0.1, 0.15) is 22.8 Å². The summed E-state index contributed by atoms with van der Waals surface area (Å²) in [7, 11) is 4.25. The van der Waals surface area contributed by atoms with Crippen molar-refractivity contribution in [1.29, 1.82) is 0 Å². The maximum absolute atomic E-state index is 12.5. The Labute approximate surface area is 222 Å². The van der Waals surface area contributed by atoms with Gasteiger partial charge in [0, 0.05) is 23.8 Å². The number of nitro groups is 1. The molecule has 13 heteroatoms. The zero-order chi connectivity index (χ0) is 28.5. The van der Waals surface area contributed by atoms with E-state index in [9.17, 15) is 24.5 Å². The lowest BCUT2D eigenvalue weighted by Crippen LogP contribution is -2.33. The minimum Gasteiger partial charge on any atom is -0.497 e. The molecule has 3 rings (SSSR count). The number of nitro benzene ring substituents is 1. The van der Waals surface area contributed by atoms with E-state index in [0.717, 1.165) is 0 Å². The fourth-order valence-corrected chi connectivity index (χ4v) is 3.20. The van der Waals surface area contributed by atoms with Crippen LogP contribution in [0.15, 0.2) is 65.8 Å². The molecular formula is C26H24N4O9. The van der Waals surface area contributed by atoms with Crippen molar-refractivity contribution in [3.05, 3.63) is 81.9 Å². The van der Waals surface area contributed by atoms with Gasteiger partial charge in [0.15, 0.2) is 11.5 Å². The number of amides is 2. The topological polar surface area (TPSA) is 168 Å². The van der Waals surface area contributed by atoms with Crippen LogP contribution in [0.3, 0.4) is 0 Å². The first-order valence-corrected chi connectivity index (χ1v) is 11.2. The zero-order valence-corrected chi connectivity index (χ0v) is 21.3. The fraction of sp³-hybridized carbons (Fsp3) is 0.154. The highest BCUT2D eigenvalue weighted by molar-refractivity contribution is 6.39. The largest absolute Gasteiger partial charge is 0.497 e. The smallest absolute Gasteiger partial charge is 0.343 e.